The maximum atomic E-state index is 13.6. The molecule has 3 aliphatic heterocycles. The number of pyridine rings is 2. The van der Waals surface area contributed by atoms with Gasteiger partial charge in [-0.1, -0.05) is 13.8 Å². The van der Waals surface area contributed by atoms with E-state index < -0.39 is 23.6 Å². The number of esters is 1. The number of carbonyl (C=O) groups is 3. The van der Waals surface area contributed by atoms with Crippen LogP contribution in [0.4, 0.5) is 4.79 Å². The van der Waals surface area contributed by atoms with Gasteiger partial charge in [-0.25, -0.2) is 14.6 Å². The molecular formula is C32H36N4O8. The topological polar surface area (TPSA) is 160 Å². The lowest BCUT2D eigenvalue weighted by molar-refractivity contribution is -0.172. The number of hydrogen-bond donors (Lipinski definition) is 3. The van der Waals surface area contributed by atoms with Crippen molar-refractivity contribution in [1.29, 1.82) is 0 Å². The van der Waals surface area contributed by atoms with Gasteiger partial charge in [0.1, 0.15) is 12.4 Å². The van der Waals surface area contributed by atoms with Gasteiger partial charge in [-0.2, -0.15) is 0 Å². The second kappa shape index (κ2) is 11.7. The van der Waals surface area contributed by atoms with E-state index in [0.29, 0.717) is 61.7 Å². The van der Waals surface area contributed by atoms with Crippen molar-refractivity contribution in [3.8, 4) is 17.1 Å². The fourth-order valence-corrected chi connectivity index (χ4v) is 6.59. The smallest absolute Gasteiger partial charge is 0.415 e. The summed E-state index contributed by atoms with van der Waals surface area (Å²) in [6.07, 6.45) is 2.52. The lowest BCUT2D eigenvalue weighted by Gasteiger charge is -2.31. The number of rotatable bonds is 8. The number of ether oxygens (including phenoxy) is 2. The number of carbonyl (C=O) groups excluding carboxylic acids is 2. The Kier molecular flexibility index (Phi) is 7.89. The van der Waals surface area contributed by atoms with Crippen LogP contribution in [0.2, 0.25) is 0 Å². The van der Waals surface area contributed by atoms with Gasteiger partial charge in [0.05, 0.1) is 29.0 Å². The number of aromatic nitrogens is 2. The maximum Gasteiger partial charge on any atom is 0.415 e. The summed E-state index contributed by atoms with van der Waals surface area (Å²) in [5.41, 5.74) is 2.09. The van der Waals surface area contributed by atoms with Gasteiger partial charge in [-0.05, 0) is 68.5 Å². The molecule has 1 atom stereocenters. The van der Waals surface area contributed by atoms with Gasteiger partial charge in [0.15, 0.2) is 5.60 Å². The van der Waals surface area contributed by atoms with E-state index in [1.807, 2.05) is 13.0 Å². The average Bonchev–Trinajstić information content (AvgIpc) is 3.39. The van der Waals surface area contributed by atoms with E-state index in [1.54, 1.807) is 34.6 Å². The van der Waals surface area contributed by atoms with Gasteiger partial charge in [0, 0.05) is 42.1 Å². The number of cyclic esters (lactones) is 1. The van der Waals surface area contributed by atoms with Crippen LogP contribution in [-0.2, 0) is 39.5 Å². The zero-order valence-electron chi connectivity index (χ0n) is 24.9. The second-order valence-electron chi connectivity index (χ2n) is 11.6. The highest BCUT2D eigenvalue weighted by molar-refractivity contribution is 5.90. The van der Waals surface area contributed by atoms with Crippen molar-refractivity contribution in [2.24, 2.45) is 0 Å². The maximum absolute atomic E-state index is 13.6. The molecule has 5 heterocycles. The van der Waals surface area contributed by atoms with Crippen LogP contribution in [0.25, 0.3) is 22.3 Å². The molecule has 3 aromatic rings. The Hall–Kier alpha value is -4.29. The molecule has 0 radical (unpaired) electrons. The summed E-state index contributed by atoms with van der Waals surface area (Å²) in [6, 6.07) is 7.25. The number of piperidine rings is 1. The minimum absolute atomic E-state index is 0.0743. The predicted molar refractivity (Wildman–Crippen MR) is 159 cm³/mol. The van der Waals surface area contributed by atoms with Crippen molar-refractivity contribution in [3.05, 3.63) is 56.9 Å². The van der Waals surface area contributed by atoms with E-state index in [1.165, 1.54) is 0 Å². The molecule has 12 heteroatoms. The van der Waals surface area contributed by atoms with Crippen LogP contribution >= 0.6 is 0 Å². The number of fused-ring (bicyclic) bond motifs is 5. The zero-order chi connectivity index (χ0) is 31.2. The van der Waals surface area contributed by atoms with E-state index >= 15 is 0 Å². The molecule has 232 valence electrons. The molecule has 0 spiro atoms. The summed E-state index contributed by atoms with van der Waals surface area (Å²) < 4.78 is 12.6. The van der Waals surface area contributed by atoms with Crippen molar-refractivity contribution < 1.29 is 34.1 Å². The monoisotopic (exact) mass is 604 g/mol. The predicted octanol–water partition coefficient (Wildman–Crippen LogP) is 3.06. The largest absolute Gasteiger partial charge is 0.481 e. The van der Waals surface area contributed by atoms with E-state index in [4.69, 9.17) is 19.6 Å². The molecule has 1 saturated heterocycles. The first-order chi connectivity index (χ1) is 21.1. The van der Waals surface area contributed by atoms with E-state index in [2.05, 4.69) is 5.32 Å². The molecule has 0 saturated carbocycles. The average molecular weight is 605 g/mol. The van der Waals surface area contributed by atoms with E-state index in [-0.39, 0.29) is 42.2 Å². The fourth-order valence-electron chi connectivity index (χ4n) is 6.59. The quantitative estimate of drug-likeness (QED) is 0.201. The number of amides is 1. The first-order valence-corrected chi connectivity index (χ1v) is 15.2. The Labute approximate surface area is 253 Å². The molecule has 1 aromatic carbocycles. The van der Waals surface area contributed by atoms with Gasteiger partial charge < -0.3 is 34.5 Å². The summed E-state index contributed by atoms with van der Waals surface area (Å²) in [5, 5.41) is 24.1. The summed E-state index contributed by atoms with van der Waals surface area (Å²) >= 11 is 0. The summed E-state index contributed by atoms with van der Waals surface area (Å²) in [5.74, 6) is -1.16. The number of aliphatic hydroxyl groups is 1. The minimum atomic E-state index is -1.89. The van der Waals surface area contributed by atoms with Crippen LogP contribution in [0, 0.1) is 0 Å². The summed E-state index contributed by atoms with van der Waals surface area (Å²) in [4.78, 5) is 56.3. The molecule has 2 aromatic heterocycles. The highest BCUT2D eigenvalue weighted by atomic mass is 16.6. The molecule has 3 N–H and O–H groups in total. The van der Waals surface area contributed by atoms with Crippen LogP contribution in [0.1, 0.15) is 68.2 Å². The van der Waals surface area contributed by atoms with Gasteiger partial charge in [0.2, 0.25) is 0 Å². The Balaban J connectivity index is 1.23. The number of likely N-dealkylation sites (tertiary alicyclic amines) is 1. The normalized spacial score (nSPS) is 19.3. The zero-order valence-corrected chi connectivity index (χ0v) is 24.9. The minimum Gasteiger partial charge on any atom is -0.481 e. The van der Waals surface area contributed by atoms with Gasteiger partial charge in [-0.3, -0.25) is 9.59 Å². The molecule has 0 unspecified atom stereocenters. The number of nitrogens with zero attached hydrogens (tertiary/aromatic N) is 3. The van der Waals surface area contributed by atoms with Crippen LogP contribution in [0.3, 0.4) is 0 Å². The van der Waals surface area contributed by atoms with Crippen molar-refractivity contribution >= 4 is 28.9 Å². The standard InChI is InChI=1S/C32H36N4O8/c1-3-20-21-14-19(44-31(41)35-12-9-18(10-13-35)33-11-5-6-27(37)38)7-8-25(21)34-28-22(20)16-36-26(28)15-24-23(29(36)39)17-43-30(40)32(24,42)4-2/h7-8,14-15,18,33,42H,3-6,9-13,16-17H2,1-2H3,(H,37,38)/t32-/m0/s1. The van der Waals surface area contributed by atoms with Gasteiger partial charge >= 0.3 is 18.0 Å². The third kappa shape index (κ3) is 5.11. The number of hydrogen-bond acceptors (Lipinski definition) is 9. The number of carboxylic acid groups (broad SMARTS) is 1. The van der Waals surface area contributed by atoms with Crippen LogP contribution in [0.15, 0.2) is 29.1 Å². The van der Waals surface area contributed by atoms with Crippen molar-refractivity contribution in [3.63, 3.8) is 0 Å². The van der Waals surface area contributed by atoms with E-state index in [9.17, 15) is 24.3 Å². The van der Waals surface area contributed by atoms with Gasteiger partial charge in [0.25, 0.3) is 5.56 Å². The number of aryl methyl sites for hydroxylation is 1. The number of aliphatic carboxylic acids is 1. The van der Waals surface area contributed by atoms with Crippen LogP contribution in [0.5, 0.6) is 5.75 Å². The Morgan fingerprint density at radius 1 is 1.16 bits per heavy atom. The highest BCUT2D eigenvalue weighted by Crippen LogP contribution is 2.40. The fraction of sp³-hybridized carbons (Fsp3) is 0.469. The number of carboxylic acids is 1. The third-order valence-electron chi connectivity index (χ3n) is 9.09. The molecule has 44 heavy (non-hydrogen) atoms. The van der Waals surface area contributed by atoms with Gasteiger partial charge in [-0.15, -0.1) is 0 Å². The molecule has 6 rings (SSSR count). The first kappa shape index (κ1) is 29.8. The van der Waals surface area contributed by atoms with Crippen LogP contribution < -0.4 is 15.6 Å². The summed E-state index contributed by atoms with van der Waals surface area (Å²) in [7, 11) is 0. The van der Waals surface area contributed by atoms with Crippen LogP contribution in [-0.4, -0.2) is 68.4 Å². The molecule has 12 nitrogen and oxygen atoms in total. The van der Waals surface area contributed by atoms with Crippen molar-refractivity contribution in [2.45, 2.75) is 77.2 Å². The molecule has 3 aliphatic rings. The highest BCUT2D eigenvalue weighted by Gasteiger charge is 2.45. The lowest BCUT2D eigenvalue weighted by Crippen LogP contribution is -2.46. The molecule has 0 bridgehead atoms. The second-order valence-corrected chi connectivity index (χ2v) is 11.6. The summed E-state index contributed by atoms with van der Waals surface area (Å²) in [6.45, 7) is 5.52. The molecule has 1 fully saturated rings. The molecule has 1 amide bonds. The first-order valence-electron chi connectivity index (χ1n) is 15.2. The Morgan fingerprint density at radius 3 is 2.64 bits per heavy atom. The van der Waals surface area contributed by atoms with Crippen molar-refractivity contribution in [2.75, 3.05) is 19.6 Å². The lowest BCUT2D eigenvalue weighted by atomic mass is 9.86. The SMILES string of the molecule is CCc1c2c(nc3ccc(OC(=O)N4CCC(NCCCC(=O)O)CC4)cc13)-c1cc3c(c(=O)n1C2)COC(=O)[C@]3(O)CC. The van der Waals surface area contributed by atoms with Crippen molar-refractivity contribution in [1.82, 2.24) is 19.8 Å². The Bertz CT molecular complexity index is 1730. The van der Waals surface area contributed by atoms with E-state index in [0.717, 1.165) is 29.4 Å². The molecule has 0 aliphatic carbocycles. The molecular weight excluding hydrogens is 568 g/mol. The number of nitrogens with one attached hydrogen (secondary N) is 1. The Morgan fingerprint density at radius 2 is 1.93 bits per heavy atom. The number of benzene rings is 1. The third-order valence-corrected chi connectivity index (χ3v) is 9.09.